The molecule has 1 aromatic rings. The summed E-state index contributed by atoms with van der Waals surface area (Å²) in [6, 6.07) is -0.590. The zero-order valence-corrected chi connectivity index (χ0v) is 13.2. The fraction of sp³-hybridized carbons (Fsp3) is 0.667. The minimum Gasteiger partial charge on any atom is -0.382 e. The summed E-state index contributed by atoms with van der Waals surface area (Å²) in [5.41, 5.74) is 5.68. The zero-order chi connectivity index (χ0) is 16.4. The molecule has 9 heteroatoms. The van der Waals surface area contributed by atoms with Gasteiger partial charge in [0, 0.05) is 19.6 Å². The van der Waals surface area contributed by atoms with E-state index in [9.17, 15) is 18.0 Å². The number of nitrogen functional groups attached to an aromatic ring is 1. The summed E-state index contributed by atoms with van der Waals surface area (Å²) >= 11 is 1.00. The lowest BCUT2D eigenvalue weighted by Gasteiger charge is -2.27. The van der Waals surface area contributed by atoms with E-state index in [4.69, 9.17) is 5.73 Å². The first-order valence-electron chi connectivity index (χ1n) is 6.42. The molecule has 0 spiro atoms. The van der Waals surface area contributed by atoms with Gasteiger partial charge in [-0.3, -0.25) is 4.79 Å². The third-order valence-electron chi connectivity index (χ3n) is 2.87. The van der Waals surface area contributed by atoms with Crippen LogP contribution in [0.2, 0.25) is 0 Å². The van der Waals surface area contributed by atoms with Crippen molar-refractivity contribution in [2.75, 3.05) is 30.8 Å². The average Bonchev–Trinajstić information content (AvgIpc) is 2.75. The molecule has 2 N–H and O–H groups in total. The van der Waals surface area contributed by atoms with Gasteiger partial charge in [0.25, 0.3) is 5.91 Å². The summed E-state index contributed by atoms with van der Waals surface area (Å²) in [5.74, 6) is -0.777. The fourth-order valence-corrected chi connectivity index (χ4v) is 2.55. The van der Waals surface area contributed by atoms with Crippen molar-refractivity contribution in [2.45, 2.75) is 33.0 Å². The molecule has 120 valence electrons. The highest BCUT2D eigenvalue weighted by molar-refractivity contribution is 7.18. The van der Waals surface area contributed by atoms with Crippen molar-refractivity contribution in [3.05, 3.63) is 4.88 Å². The van der Waals surface area contributed by atoms with E-state index in [1.165, 1.54) is 13.8 Å². The van der Waals surface area contributed by atoms with Gasteiger partial charge in [-0.25, -0.2) is 4.98 Å². The molecule has 0 aliphatic rings. The second kappa shape index (κ2) is 6.50. The number of aromatic nitrogens is 1. The Bertz CT molecular complexity index is 501. The first-order valence-corrected chi connectivity index (χ1v) is 7.23. The second-order valence-electron chi connectivity index (χ2n) is 4.87. The van der Waals surface area contributed by atoms with Crippen LogP contribution in [-0.2, 0) is 0 Å². The number of nitrogens with zero attached hydrogens (tertiary/aromatic N) is 3. The van der Waals surface area contributed by atoms with Crippen LogP contribution in [0.25, 0.3) is 0 Å². The molecule has 0 unspecified atom stereocenters. The topological polar surface area (TPSA) is 62.5 Å². The number of alkyl halides is 3. The van der Waals surface area contributed by atoms with Gasteiger partial charge in [0.05, 0.1) is 0 Å². The molecule has 0 aliphatic heterocycles. The van der Waals surface area contributed by atoms with Gasteiger partial charge in [0.15, 0.2) is 5.13 Å². The number of halogens is 3. The molecule has 21 heavy (non-hydrogen) atoms. The SMILES string of the molecule is CCN(C)c1nc(N)c(C(=O)N(CC(F)(F)F)C(C)C)s1. The van der Waals surface area contributed by atoms with Gasteiger partial charge in [-0.15, -0.1) is 0 Å². The van der Waals surface area contributed by atoms with Gasteiger partial charge in [-0.1, -0.05) is 11.3 Å². The van der Waals surface area contributed by atoms with E-state index in [1.807, 2.05) is 6.92 Å². The Kier molecular flexibility index (Phi) is 5.43. The van der Waals surface area contributed by atoms with E-state index < -0.39 is 24.7 Å². The molecular formula is C12H19F3N4OS. The normalized spacial score (nSPS) is 11.8. The van der Waals surface area contributed by atoms with E-state index in [0.717, 1.165) is 16.2 Å². The Morgan fingerprint density at radius 3 is 2.43 bits per heavy atom. The van der Waals surface area contributed by atoms with Crippen molar-refractivity contribution in [1.82, 2.24) is 9.88 Å². The maximum Gasteiger partial charge on any atom is 0.406 e. The van der Waals surface area contributed by atoms with Crippen LogP contribution in [0.5, 0.6) is 0 Å². The number of hydrogen-bond donors (Lipinski definition) is 1. The third-order valence-corrected chi connectivity index (χ3v) is 4.04. The Morgan fingerprint density at radius 1 is 1.43 bits per heavy atom. The van der Waals surface area contributed by atoms with Crippen LogP contribution in [0.1, 0.15) is 30.4 Å². The number of carbonyl (C=O) groups is 1. The fourth-order valence-electron chi connectivity index (χ4n) is 1.58. The average molecular weight is 324 g/mol. The van der Waals surface area contributed by atoms with Crippen molar-refractivity contribution >= 4 is 28.2 Å². The number of thiazole rings is 1. The number of amides is 1. The number of rotatable bonds is 5. The Hall–Kier alpha value is -1.51. The van der Waals surface area contributed by atoms with Crippen LogP contribution in [0.3, 0.4) is 0 Å². The molecule has 0 aromatic carbocycles. The summed E-state index contributed by atoms with van der Waals surface area (Å²) in [7, 11) is 1.77. The minimum atomic E-state index is -4.46. The first-order chi connectivity index (χ1) is 9.56. The smallest absolute Gasteiger partial charge is 0.382 e. The highest BCUT2D eigenvalue weighted by Crippen LogP contribution is 2.30. The standard InChI is InChI=1S/C12H19F3N4OS/c1-5-18(4)11-17-9(16)8(21-11)10(20)19(7(2)3)6-12(13,14)15/h7H,5-6,16H2,1-4H3. The Balaban J connectivity index is 3.07. The summed E-state index contributed by atoms with van der Waals surface area (Å²) in [4.78, 5) is 18.9. The molecule has 1 heterocycles. The molecule has 0 atom stereocenters. The van der Waals surface area contributed by atoms with Crippen molar-refractivity contribution in [3.8, 4) is 0 Å². The first kappa shape index (κ1) is 17.5. The molecule has 0 saturated carbocycles. The van der Waals surface area contributed by atoms with Crippen LogP contribution in [0.15, 0.2) is 0 Å². The summed E-state index contributed by atoms with van der Waals surface area (Å²) in [5, 5.41) is 0.508. The summed E-state index contributed by atoms with van der Waals surface area (Å²) in [6.07, 6.45) is -4.46. The highest BCUT2D eigenvalue weighted by atomic mass is 32.1. The molecule has 0 aliphatic carbocycles. The maximum absolute atomic E-state index is 12.6. The van der Waals surface area contributed by atoms with Crippen LogP contribution < -0.4 is 10.6 Å². The second-order valence-corrected chi connectivity index (χ2v) is 5.84. The lowest BCUT2D eigenvalue weighted by Crippen LogP contribution is -2.43. The van der Waals surface area contributed by atoms with Gasteiger partial charge in [-0.05, 0) is 20.8 Å². The number of hydrogen-bond acceptors (Lipinski definition) is 5. The van der Waals surface area contributed by atoms with Gasteiger partial charge < -0.3 is 15.5 Å². The van der Waals surface area contributed by atoms with Crippen LogP contribution in [0, 0.1) is 0 Å². The van der Waals surface area contributed by atoms with Gasteiger partial charge in [0.1, 0.15) is 17.2 Å². The monoisotopic (exact) mass is 324 g/mol. The number of nitrogens with two attached hydrogens (primary N) is 1. The van der Waals surface area contributed by atoms with Crippen molar-refractivity contribution in [3.63, 3.8) is 0 Å². The highest BCUT2D eigenvalue weighted by Gasteiger charge is 2.36. The van der Waals surface area contributed by atoms with E-state index >= 15 is 0 Å². The number of anilines is 2. The van der Waals surface area contributed by atoms with E-state index in [2.05, 4.69) is 4.98 Å². The van der Waals surface area contributed by atoms with Crippen molar-refractivity contribution in [1.29, 1.82) is 0 Å². The van der Waals surface area contributed by atoms with Gasteiger partial charge >= 0.3 is 6.18 Å². The molecule has 1 amide bonds. The van der Waals surface area contributed by atoms with E-state index in [1.54, 1.807) is 11.9 Å². The Morgan fingerprint density at radius 2 is 2.00 bits per heavy atom. The zero-order valence-electron chi connectivity index (χ0n) is 12.4. The molecule has 0 radical (unpaired) electrons. The van der Waals surface area contributed by atoms with Gasteiger partial charge in [-0.2, -0.15) is 13.2 Å². The third kappa shape index (κ3) is 4.48. The predicted molar refractivity (Wildman–Crippen MR) is 77.7 cm³/mol. The molecule has 1 rings (SSSR count). The molecule has 0 bridgehead atoms. The lowest BCUT2D eigenvalue weighted by atomic mass is 10.3. The van der Waals surface area contributed by atoms with Crippen LogP contribution >= 0.6 is 11.3 Å². The van der Waals surface area contributed by atoms with E-state index in [0.29, 0.717) is 11.7 Å². The molecule has 5 nitrogen and oxygen atoms in total. The van der Waals surface area contributed by atoms with Crippen molar-refractivity contribution < 1.29 is 18.0 Å². The number of carbonyl (C=O) groups excluding carboxylic acids is 1. The molecular weight excluding hydrogens is 305 g/mol. The molecule has 0 saturated heterocycles. The van der Waals surface area contributed by atoms with Crippen LogP contribution in [-0.4, -0.2) is 48.1 Å². The van der Waals surface area contributed by atoms with Gasteiger partial charge in [0.2, 0.25) is 0 Å². The lowest BCUT2D eigenvalue weighted by molar-refractivity contribution is -0.143. The quantitative estimate of drug-likeness (QED) is 0.904. The van der Waals surface area contributed by atoms with Crippen molar-refractivity contribution in [2.24, 2.45) is 0 Å². The molecule has 0 fully saturated rings. The predicted octanol–water partition coefficient (Wildman–Crippen LogP) is 2.59. The molecule has 1 aromatic heterocycles. The largest absolute Gasteiger partial charge is 0.406 e. The minimum absolute atomic E-state index is 0.0341. The van der Waals surface area contributed by atoms with E-state index in [-0.39, 0.29) is 10.7 Å². The maximum atomic E-state index is 12.6. The summed E-state index contributed by atoms with van der Waals surface area (Å²) in [6.45, 7) is 4.29. The summed E-state index contributed by atoms with van der Waals surface area (Å²) < 4.78 is 37.8. The Labute approximate surface area is 125 Å². The van der Waals surface area contributed by atoms with Crippen LogP contribution in [0.4, 0.5) is 24.1 Å².